The van der Waals surface area contributed by atoms with Gasteiger partial charge in [-0.3, -0.25) is 0 Å². The Morgan fingerprint density at radius 3 is 2.31 bits per heavy atom. The molecular weight excluding hydrogens is 192 g/mol. The molecule has 2 rings (SSSR count). The van der Waals surface area contributed by atoms with Crippen LogP contribution in [0.3, 0.4) is 0 Å². The Hall–Kier alpha value is -0.780. The second-order valence-corrected chi connectivity index (χ2v) is 5.46. The van der Waals surface area contributed by atoms with Crippen LogP contribution in [-0.4, -0.2) is 0 Å². The van der Waals surface area contributed by atoms with E-state index in [1.807, 2.05) is 0 Å². The Morgan fingerprint density at radius 1 is 1.12 bits per heavy atom. The molecule has 88 valence electrons. The highest BCUT2D eigenvalue weighted by Crippen LogP contribution is 2.52. The summed E-state index contributed by atoms with van der Waals surface area (Å²) in [7, 11) is 0. The maximum atomic E-state index is 2.44. The van der Waals surface area contributed by atoms with Crippen LogP contribution < -0.4 is 0 Å². The minimum atomic E-state index is 0.563. The van der Waals surface area contributed by atoms with Crippen molar-refractivity contribution in [3.05, 3.63) is 35.4 Å². The lowest BCUT2D eigenvalue weighted by Gasteiger charge is -2.34. The van der Waals surface area contributed by atoms with Crippen molar-refractivity contribution in [1.29, 1.82) is 0 Å². The van der Waals surface area contributed by atoms with Crippen molar-refractivity contribution in [1.82, 2.24) is 0 Å². The molecule has 0 bridgehead atoms. The summed E-state index contributed by atoms with van der Waals surface area (Å²) in [6.07, 6.45) is 6.72. The Morgan fingerprint density at radius 2 is 1.75 bits per heavy atom. The molecular formula is C16H24. The van der Waals surface area contributed by atoms with E-state index in [1.165, 1.54) is 32.1 Å². The highest BCUT2D eigenvalue weighted by molar-refractivity contribution is 5.38. The van der Waals surface area contributed by atoms with Crippen LogP contribution in [0.5, 0.6) is 0 Å². The van der Waals surface area contributed by atoms with E-state index in [-0.39, 0.29) is 0 Å². The van der Waals surface area contributed by atoms with Crippen LogP contribution in [0.1, 0.15) is 63.5 Å². The molecule has 1 aliphatic carbocycles. The summed E-state index contributed by atoms with van der Waals surface area (Å²) in [6, 6.07) is 9.06. The average Bonchev–Trinajstić information content (AvgIpc) is 2.54. The fraction of sp³-hybridized carbons (Fsp3) is 0.625. The van der Waals surface area contributed by atoms with Gasteiger partial charge in [0, 0.05) is 0 Å². The van der Waals surface area contributed by atoms with Gasteiger partial charge in [0.25, 0.3) is 0 Å². The van der Waals surface area contributed by atoms with Gasteiger partial charge in [-0.05, 0) is 41.7 Å². The highest BCUT2D eigenvalue weighted by Gasteiger charge is 2.41. The first-order valence-corrected chi connectivity index (χ1v) is 6.81. The fourth-order valence-electron chi connectivity index (χ4n) is 3.71. The van der Waals surface area contributed by atoms with E-state index < -0.39 is 0 Å². The summed E-state index contributed by atoms with van der Waals surface area (Å²) in [5.41, 5.74) is 3.79. The lowest BCUT2D eigenvalue weighted by atomic mass is 9.71. The molecule has 0 aromatic heterocycles. The molecule has 0 heterocycles. The standard InChI is InChI=1S/C16H24/c1-4-10-16(11-5-2)12-14-8-6-7-9-15(14)13(16)3/h6-9,13H,4-5,10-12H2,1-3H3/t13-/m1/s1. The van der Waals surface area contributed by atoms with Crippen LogP contribution in [0.4, 0.5) is 0 Å². The van der Waals surface area contributed by atoms with Gasteiger partial charge in [0.2, 0.25) is 0 Å². The topological polar surface area (TPSA) is 0 Å². The quantitative estimate of drug-likeness (QED) is 0.669. The van der Waals surface area contributed by atoms with Gasteiger partial charge in [0.15, 0.2) is 0 Å². The molecule has 0 unspecified atom stereocenters. The van der Waals surface area contributed by atoms with Crippen molar-refractivity contribution in [2.45, 2.75) is 58.8 Å². The molecule has 0 saturated carbocycles. The smallest absolute Gasteiger partial charge is 0.0128 e. The number of fused-ring (bicyclic) bond motifs is 1. The lowest BCUT2D eigenvalue weighted by Crippen LogP contribution is -2.24. The molecule has 0 heteroatoms. The van der Waals surface area contributed by atoms with Gasteiger partial charge < -0.3 is 0 Å². The molecule has 1 aliphatic rings. The summed E-state index contributed by atoms with van der Waals surface area (Å²) in [4.78, 5) is 0. The van der Waals surface area contributed by atoms with Crippen molar-refractivity contribution in [2.24, 2.45) is 5.41 Å². The number of rotatable bonds is 4. The van der Waals surface area contributed by atoms with Crippen molar-refractivity contribution in [3.8, 4) is 0 Å². The number of hydrogen-bond donors (Lipinski definition) is 0. The van der Waals surface area contributed by atoms with Crippen LogP contribution in [0.25, 0.3) is 0 Å². The van der Waals surface area contributed by atoms with Crippen LogP contribution in [-0.2, 0) is 6.42 Å². The fourth-order valence-corrected chi connectivity index (χ4v) is 3.71. The zero-order valence-electron chi connectivity index (χ0n) is 10.9. The Bertz CT molecular complexity index is 345. The molecule has 1 aromatic carbocycles. The van der Waals surface area contributed by atoms with E-state index in [9.17, 15) is 0 Å². The monoisotopic (exact) mass is 216 g/mol. The molecule has 0 amide bonds. The Kier molecular flexibility index (Phi) is 3.37. The summed E-state index contributed by atoms with van der Waals surface area (Å²) in [6.45, 7) is 7.09. The molecule has 0 spiro atoms. The molecule has 0 nitrogen and oxygen atoms in total. The molecule has 0 radical (unpaired) electrons. The van der Waals surface area contributed by atoms with Gasteiger partial charge >= 0.3 is 0 Å². The first kappa shape index (κ1) is 11.7. The molecule has 1 atom stereocenters. The van der Waals surface area contributed by atoms with E-state index in [1.54, 1.807) is 11.1 Å². The van der Waals surface area contributed by atoms with E-state index in [2.05, 4.69) is 45.0 Å². The van der Waals surface area contributed by atoms with Gasteiger partial charge in [0.1, 0.15) is 0 Å². The van der Waals surface area contributed by atoms with Crippen LogP contribution in [0, 0.1) is 5.41 Å². The third-order valence-corrected chi connectivity index (χ3v) is 4.48. The first-order valence-electron chi connectivity index (χ1n) is 6.81. The number of hydrogen-bond acceptors (Lipinski definition) is 0. The molecule has 0 aliphatic heterocycles. The predicted octanol–water partition coefficient (Wildman–Crippen LogP) is 4.93. The second-order valence-electron chi connectivity index (χ2n) is 5.46. The zero-order chi connectivity index (χ0) is 11.6. The van der Waals surface area contributed by atoms with Crippen LogP contribution in [0.2, 0.25) is 0 Å². The molecule has 1 aromatic rings. The van der Waals surface area contributed by atoms with Crippen LogP contribution >= 0.6 is 0 Å². The second kappa shape index (κ2) is 4.61. The summed E-state index contributed by atoms with van der Waals surface area (Å²) in [5.74, 6) is 0.753. The SMILES string of the molecule is CCCC1(CCC)Cc2ccccc2[C@H]1C. The van der Waals surface area contributed by atoms with Gasteiger partial charge in [-0.15, -0.1) is 0 Å². The van der Waals surface area contributed by atoms with Crippen molar-refractivity contribution >= 4 is 0 Å². The van der Waals surface area contributed by atoms with Gasteiger partial charge in [0.05, 0.1) is 0 Å². The Balaban J connectivity index is 2.32. The summed E-state index contributed by atoms with van der Waals surface area (Å²) >= 11 is 0. The molecule has 0 N–H and O–H groups in total. The van der Waals surface area contributed by atoms with Gasteiger partial charge in [-0.25, -0.2) is 0 Å². The maximum absolute atomic E-state index is 2.44. The normalized spacial score (nSPS) is 22.1. The molecule has 0 saturated heterocycles. The highest BCUT2D eigenvalue weighted by atomic mass is 14.5. The minimum absolute atomic E-state index is 0.563. The Labute approximate surface area is 100 Å². The van der Waals surface area contributed by atoms with E-state index in [0.29, 0.717) is 5.41 Å². The molecule has 0 fully saturated rings. The maximum Gasteiger partial charge on any atom is -0.0128 e. The zero-order valence-corrected chi connectivity index (χ0v) is 10.9. The third kappa shape index (κ3) is 1.79. The minimum Gasteiger partial charge on any atom is -0.0654 e. The largest absolute Gasteiger partial charge is 0.0654 e. The third-order valence-electron chi connectivity index (χ3n) is 4.48. The van der Waals surface area contributed by atoms with Crippen molar-refractivity contribution in [3.63, 3.8) is 0 Å². The van der Waals surface area contributed by atoms with E-state index in [4.69, 9.17) is 0 Å². The molecule has 16 heavy (non-hydrogen) atoms. The summed E-state index contributed by atoms with van der Waals surface area (Å²) in [5, 5.41) is 0. The van der Waals surface area contributed by atoms with Crippen LogP contribution in [0.15, 0.2) is 24.3 Å². The van der Waals surface area contributed by atoms with E-state index in [0.717, 1.165) is 5.92 Å². The first-order chi connectivity index (χ1) is 7.73. The number of benzene rings is 1. The lowest BCUT2D eigenvalue weighted by molar-refractivity contribution is 0.208. The van der Waals surface area contributed by atoms with Gasteiger partial charge in [-0.1, -0.05) is 57.9 Å². The van der Waals surface area contributed by atoms with Gasteiger partial charge in [-0.2, -0.15) is 0 Å². The van der Waals surface area contributed by atoms with Crippen molar-refractivity contribution < 1.29 is 0 Å². The van der Waals surface area contributed by atoms with Crippen molar-refractivity contribution in [2.75, 3.05) is 0 Å². The average molecular weight is 216 g/mol. The predicted molar refractivity (Wildman–Crippen MR) is 70.8 cm³/mol. The summed E-state index contributed by atoms with van der Waals surface area (Å²) < 4.78 is 0. The van der Waals surface area contributed by atoms with E-state index >= 15 is 0 Å².